The molecule has 4 aliphatic carbocycles. The van der Waals surface area contributed by atoms with Crippen molar-refractivity contribution in [2.75, 3.05) is 6.61 Å². The molecule has 160 valence electrons. The van der Waals surface area contributed by atoms with E-state index in [0.717, 1.165) is 25.7 Å². The number of aliphatic hydroxyl groups is 1. The van der Waals surface area contributed by atoms with Crippen molar-refractivity contribution in [3.05, 3.63) is 41.5 Å². The summed E-state index contributed by atoms with van der Waals surface area (Å²) in [5, 5.41) is 22.3. The number of hydrogen-bond acceptors (Lipinski definition) is 5. The summed E-state index contributed by atoms with van der Waals surface area (Å²) in [7, 11) is 0. The summed E-state index contributed by atoms with van der Waals surface area (Å²) in [5.74, 6) is 1.04. The van der Waals surface area contributed by atoms with Gasteiger partial charge >= 0.3 is 0 Å². The van der Waals surface area contributed by atoms with Gasteiger partial charge in [0.2, 0.25) is 0 Å². The Hall–Kier alpha value is -2.48. The molecule has 2 atom stereocenters. The van der Waals surface area contributed by atoms with Gasteiger partial charge in [-0.3, -0.25) is 4.79 Å². The average Bonchev–Trinajstić information content (AvgIpc) is 3.02. The van der Waals surface area contributed by atoms with E-state index in [-0.39, 0.29) is 17.3 Å². The SMILES string of the molecule is Cc1c(C(=O)NC23CC4CC(CC(O)(C4)C2)C3)nnn1CCOc1ccc(F)cc1. The second kappa shape index (κ2) is 7.04. The third-order valence-corrected chi connectivity index (χ3v) is 6.99. The number of ether oxygens (including phenoxy) is 1. The van der Waals surface area contributed by atoms with Gasteiger partial charge in [-0.25, -0.2) is 9.07 Å². The summed E-state index contributed by atoms with van der Waals surface area (Å²) in [6.45, 7) is 2.58. The fourth-order valence-electron chi connectivity index (χ4n) is 6.22. The van der Waals surface area contributed by atoms with Crippen LogP contribution in [0, 0.1) is 24.6 Å². The highest BCUT2D eigenvalue weighted by Crippen LogP contribution is 2.57. The second-order valence-electron chi connectivity index (χ2n) is 9.47. The molecule has 1 aromatic carbocycles. The van der Waals surface area contributed by atoms with E-state index in [1.54, 1.807) is 16.8 Å². The quantitative estimate of drug-likeness (QED) is 0.759. The number of amides is 1. The van der Waals surface area contributed by atoms with Gasteiger partial charge in [-0.05, 0) is 81.5 Å². The highest BCUT2D eigenvalue weighted by atomic mass is 19.1. The molecule has 1 aromatic heterocycles. The Morgan fingerprint density at radius 3 is 2.63 bits per heavy atom. The predicted molar refractivity (Wildman–Crippen MR) is 106 cm³/mol. The van der Waals surface area contributed by atoms with Crippen molar-refractivity contribution in [1.82, 2.24) is 20.3 Å². The Morgan fingerprint density at radius 1 is 1.27 bits per heavy atom. The van der Waals surface area contributed by atoms with Crippen LogP contribution < -0.4 is 10.1 Å². The summed E-state index contributed by atoms with van der Waals surface area (Å²) >= 11 is 0. The van der Waals surface area contributed by atoms with Gasteiger partial charge in [-0.1, -0.05) is 5.21 Å². The Labute approximate surface area is 174 Å². The molecular weight excluding hydrogens is 387 g/mol. The summed E-state index contributed by atoms with van der Waals surface area (Å²) in [5.41, 5.74) is 0.0534. The lowest BCUT2D eigenvalue weighted by Crippen LogP contribution is -2.65. The number of nitrogens with zero attached hydrogens (tertiary/aromatic N) is 3. The van der Waals surface area contributed by atoms with Crippen LogP contribution in [0.25, 0.3) is 0 Å². The predicted octanol–water partition coefficient (Wildman–Crippen LogP) is 2.62. The summed E-state index contributed by atoms with van der Waals surface area (Å²) < 4.78 is 20.2. The van der Waals surface area contributed by atoms with E-state index in [0.29, 0.717) is 48.5 Å². The maximum absolute atomic E-state index is 13.0. The fraction of sp³-hybridized carbons (Fsp3) is 0.591. The molecule has 2 N–H and O–H groups in total. The van der Waals surface area contributed by atoms with E-state index in [1.807, 2.05) is 6.92 Å². The number of rotatable bonds is 6. The van der Waals surface area contributed by atoms with Crippen molar-refractivity contribution in [2.24, 2.45) is 11.8 Å². The highest BCUT2D eigenvalue weighted by Gasteiger charge is 2.57. The molecule has 4 aliphatic rings. The van der Waals surface area contributed by atoms with Gasteiger partial charge in [0, 0.05) is 5.54 Å². The summed E-state index contributed by atoms with van der Waals surface area (Å²) in [6, 6.07) is 5.84. The minimum absolute atomic E-state index is 0.219. The molecule has 4 saturated carbocycles. The van der Waals surface area contributed by atoms with Crippen LogP contribution in [0.1, 0.15) is 54.7 Å². The maximum atomic E-state index is 13.0. The molecule has 2 unspecified atom stereocenters. The monoisotopic (exact) mass is 414 g/mol. The minimum Gasteiger partial charge on any atom is -0.492 e. The molecule has 0 aliphatic heterocycles. The Balaban J connectivity index is 1.23. The number of nitrogens with one attached hydrogen (secondary N) is 1. The van der Waals surface area contributed by atoms with Crippen molar-refractivity contribution in [3.8, 4) is 5.75 Å². The molecule has 2 aromatic rings. The van der Waals surface area contributed by atoms with Crippen LogP contribution in [0.15, 0.2) is 24.3 Å². The second-order valence-corrected chi connectivity index (χ2v) is 9.47. The van der Waals surface area contributed by atoms with Crippen LogP contribution in [-0.4, -0.2) is 43.8 Å². The van der Waals surface area contributed by atoms with Gasteiger partial charge in [0.1, 0.15) is 18.2 Å². The maximum Gasteiger partial charge on any atom is 0.274 e. The van der Waals surface area contributed by atoms with E-state index in [1.165, 1.54) is 18.6 Å². The van der Waals surface area contributed by atoms with E-state index in [9.17, 15) is 14.3 Å². The lowest BCUT2D eigenvalue weighted by molar-refractivity contribution is -0.139. The molecule has 6 rings (SSSR count). The Bertz CT molecular complexity index is 944. The number of carbonyl (C=O) groups is 1. The van der Waals surface area contributed by atoms with Crippen molar-refractivity contribution in [1.29, 1.82) is 0 Å². The zero-order valence-corrected chi connectivity index (χ0v) is 17.1. The lowest BCUT2D eigenvalue weighted by Gasteiger charge is -2.60. The molecule has 1 amide bonds. The van der Waals surface area contributed by atoms with Gasteiger partial charge in [0.25, 0.3) is 5.91 Å². The molecule has 0 radical (unpaired) electrons. The summed E-state index contributed by atoms with van der Waals surface area (Å²) in [4.78, 5) is 13.0. The van der Waals surface area contributed by atoms with Gasteiger partial charge in [-0.2, -0.15) is 0 Å². The zero-order valence-electron chi connectivity index (χ0n) is 17.1. The van der Waals surface area contributed by atoms with E-state index < -0.39 is 5.60 Å². The number of carbonyl (C=O) groups excluding carboxylic acids is 1. The number of benzene rings is 1. The Kier molecular flexibility index (Phi) is 4.57. The van der Waals surface area contributed by atoms with Crippen LogP contribution in [0.3, 0.4) is 0 Å². The third-order valence-electron chi connectivity index (χ3n) is 6.99. The molecule has 4 bridgehead atoms. The average molecular weight is 414 g/mol. The van der Waals surface area contributed by atoms with Crippen LogP contribution in [0.2, 0.25) is 0 Å². The summed E-state index contributed by atoms with van der Waals surface area (Å²) in [6.07, 6.45) is 5.42. The fourth-order valence-corrected chi connectivity index (χ4v) is 6.22. The molecule has 4 fully saturated rings. The first-order valence-corrected chi connectivity index (χ1v) is 10.7. The van der Waals surface area contributed by atoms with E-state index in [2.05, 4.69) is 15.6 Å². The van der Waals surface area contributed by atoms with Gasteiger partial charge in [0.15, 0.2) is 5.69 Å². The molecule has 1 heterocycles. The van der Waals surface area contributed by atoms with E-state index >= 15 is 0 Å². The Morgan fingerprint density at radius 2 is 1.97 bits per heavy atom. The van der Waals surface area contributed by atoms with Gasteiger partial charge in [0.05, 0.1) is 17.8 Å². The number of halogens is 1. The van der Waals surface area contributed by atoms with Crippen molar-refractivity contribution in [2.45, 2.75) is 63.1 Å². The number of aromatic nitrogens is 3. The first-order chi connectivity index (χ1) is 14.3. The molecule has 7 nitrogen and oxygen atoms in total. The molecular formula is C22H27FN4O3. The van der Waals surface area contributed by atoms with Crippen LogP contribution in [-0.2, 0) is 6.54 Å². The highest BCUT2D eigenvalue weighted by molar-refractivity contribution is 5.93. The number of hydrogen-bond donors (Lipinski definition) is 2. The largest absolute Gasteiger partial charge is 0.492 e. The first-order valence-electron chi connectivity index (χ1n) is 10.7. The standard InChI is InChI=1S/C22H27FN4O3/c1-14-19(25-26-27(14)6-7-30-18-4-2-17(23)3-5-18)20(28)24-21-9-15-8-16(10-21)12-22(29,11-15)13-21/h2-5,15-16,29H,6-13H2,1H3,(H,24,28). The molecule has 0 spiro atoms. The van der Waals surface area contributed by atoms with Crippen molar-refractivity contribution in [3.63, 3.8) is 0 Å². The van der Waals surface area contributed by atoms with Crippen molar-refractivity contribution >= 4 is 5.91 Å². The molecule has 30 heavy (non-hydrogen) atoms. The van der Waals surface area contributed by atoms with Gasteiger partial charge < -0.3 is 15.2 Å². The normalized spacial score (nSPS) is 31.7. The van der Waals surface area contributed by atoms with Crippen LogP contribution in [0.4, 0.5) is 4.39 Å². The zero-order chi connectivity index (χ0) is 20.9. The van der Waals surface area contributed by atoms with Gasteiger partial charge in [-0.15, -0.1) is 5.10 Å². The third kappa shape index (κ3) is 3.57. The first kappa shape index (κ1) is 19.5. The molecule has 8 heteroatoms. The van der Waals surface area contributed by atoms with Crippen LogP contribution >= 0.6 is 0 Å². The van der Waals surface area contributed by atoms with E-state index in [4.69, 9.17) is 4.74 Å². The topological polar surface area (TPSA) is 89.3 Å². The van der Waals surface area contributed by atoms with Crippen LogP contribution in [0.5, 0.6) is 5.75 Å². The lowest BCUT2D eigenvalue weighted by atomic mass is 9.51. The minimum atomic E-state index is -0.623. The molecule has 0 saturated heterocycles. The smallest absolute Gasteiger partial charge is 0.274 e. The van der Waals surface area contributed by atoms with Crippen molar-refractivity contribution < 1.29 is 19.0 Å².